The SMILES string of the molecule is CCCC[n+]1ccccc1.COCCOCCC(=O)[O-]. The first-order valence-electron chi connectivity index (χ1n) is 6.91. The van der Waals surface area contributed by atoms with Crippen LogP contribution >= 0.6 is 0 Å². The molecule has 1 rings (SSSR count). The topological polar surface area (TPSA) is 62.5 Å². The summed E-state index contributed by atoms with van der Waals surface area (Å²) in [7, 11) is 1.56. The van der Waals surface area contributed by atoms with Gasteiger partial charge in [-0.05, 0) is 0 Å². The standard InChI is InChI=1S/C9H14N.C6H12O4/c1-2-3-7-10-8-5-4-6-9-10;1-9-4-5-10-3-2-6(7)8/h4-6,8-9H,2-3,7H2,1H3;2-5H2,1H3,(H,7,8)/q+1;/p-1. The smallest absolute Gasteiger partial charge is 0.168 e. The molecule has 0 atom stereocenters. The van der Waals surface area contributed by atoms with Crippen LogP contribution in [0.2, 0.25) is 0 Å². The molecule has 0 bridgehead atoms. The second-order valence-corrected chi connectivity index (χ2v) is 4.19. The number of carboxylic acid groups (broad SMARTS) is 1. The van der Waals surface area contributed by atoms with E-state index in [-0.39, 0.29) is 13.0 Å². The van der Waals surface area contributed by atoms with Crippen molar-refractivity contribution in [2.45, 2.75) is 32.7 Å². The number of aliphatic carboxylic acids is 1. The van der Waals surface area contributed by atoms with Crippen LogP contribution in [-0.2, 0) is 20.8 Å². The molecule has 0 aliphatic rings. The Balaban J connectivity index is 0.000000361. The number of hydrogen-bond acceptors (Lipinski definition) is 4. The lowest BCUT2D eigenvalue weighted by molar-refractivity contribution is -0.697. The molecular formula is C15H25NO4. The number of unbranched alkanes of at least 4 members (excludes halogenated alkanes) is 1. The minimum absolute atomic E-state index is 0.0519. The van der Waals surface area contributed by atoms with Gasteiger partial charge in [0, 0.05) is 38.1 Å². The molecule has 1 aromatic rings. The van der Waals surface area contributed by atoms with E-state index in [1.807, 2.05) is 6.07 Å². The number of nitrogens with zero attached hydrogens (tertiary/aromatic N) is 1. The van der Waals surface area contributed by atoms with Gasteiger partial charge in [0.05, 0.1) is 19.8 Å². The predicted octanol–water partition coefficient (Wildman–Crippen LogP) is 0.564. The summed E-state index contributed by atoms with van der Waals surface area (Å²) in [6, 6.07) is 6.17. The number of carboxylic acids is 1. The van der Waals surface area contributed by atoms with Gasteiger partial charge in [-0.3, -0.25) is 0 Å². The fourth-order valence-electron chi connectivity index (χ4n) is 1.32. The van der Waals surface area contributed by atoms with Gasteiger partial charge in [0.15, 0.2) is 12.4 Å². The Labute approximate surface area is 121 Å². The van der Waals surface area contributed by atoms with Gasteiger partial charge < -0.3 is 19.4 Å². The van der Waals surface area contributed by atoms with E-state index in [0.717, 1.165) is 6.54 Å². The maximum absolute atomic E-state index is 9.81. The Morgan fingerprint density at radius 3 is 2.40 bits per heavy atom. The summed E-state index contributed by atoms with van der Waals surface area (Å²) in [5, 5.41) is 9.81. The number of carbonyl (C=O) groups is 1. The first kappa shape index (κ1) is 18.5. The van der Waals surface area contributed by atoms with Gasteiger partial charge >= 0.3 is 0 Å². The summed E-state index contributed by atoms with van der Waals surface area (Å²) in [4.78, 5) is 9.81. The van der Waals surface area contributed by atoms with Crippen molar-refractivity contribution in [3.63, 3.8) is 0 Å². The molecule has 0 fully saturated rings. The number of aromatic nitrogens is 1. The summed E-state index contributed by atoms with van der Waals surface area (Å²) >= 11 is 0. The highest BCUT2D eigenvalue weighted by atomic mass is 16.5. The molecule has 0 unspecified atom stereocenters. The molecule has 0 N–H and O–H groups in total. The molecule has 0 spiro atoms. The lowest BCUT2D eigenvalue weighted by Crippen LogP contribution is -2.31. The Kier molecular flexibility index (Phi) is 12.9. The number of rotatable bonds is 9. The number of ether oxygens (including phenoxy) is 2. The fraction of sp³-hybridized carbons (Fsp3) is 0.600. The second-order valence-electron chi connectivity index (χ2n) is 4.19. The lowest BCUT2D eigenvalue weighted by Gasteiger charge is -2.02. The van der Waals surface area contributed by atoms with E-state index in [1.54, 1.807) is 7.11 Å². The fourth-order valence-corrected chi connectivity index (χ4v) is 1.32. The first-order valence-corrected chi connectivity index (χ1v) is 6.91. The molecule has 1 aromatic heterocycles. The number of aryl methyl sites for hydroxylation is 1. The molecule has 0 aliphatic heterocycles. The Morgan fingerprint density at radius 2 is 1.85 bits per heavy atom. The molecular weight excluding hydrogens is 258 g/mol. The number of hydrogen-bond donors (Lipinski definition) is 0. The minimum Gasteiger partial charge on any atom is -0.550 e. The molecule has 5 nitrogen and oxygen atoms in total. The van der Waals surface area contributed by atoms with Crippen LogP contribution in [0.15, 0.2) is 30.6 Å². The quantitative estimate of drug-likeness (QED) is 0.491. The largest absolute Gasteiger partial charge is 0.550 e. The summed E-state index contributed by atoms with van der Waals surface area (Å²) in [5.41, 5.74) is 0. The molecule has 20 heavy (non-hydrogen) atoms. The predicted molar refractivity (Wildman–Crippen MR) is 73.9 cm³/mol. The van der Waals surface area contributed by atoms with Crippen molar-refractivity contribution >= 4 is 5.97 Å². The summed E-state index contributed by atoms with van der Waals surface area (Å²) in [5.74, 6) is -1.09. The van der Waals surface area contributed by atoms with E-state index in [0.29, 0.717) is 13.2 Å². The molecule has 0 amide bonds. The zero-order valence-electron chi connectivity index (χ0n) is 12.4. The normalized spacial score (nSPS) is 9.70. The van der Waals surface area contributed by atoms with Gasteiger partial charge in [-0.25, -0.2) is 4.57 Å². The molecule has 0 saturated heterocycles. The van der Waals surface area contributed by atoms with Gasteiger partial charge in [-0.15, -0.1) is 0 Å². The Morgan fingerprint density at radius 1 is 1.15 bits per heavy atom. The average Bonchev–Trinajstić information content (AvgIpc) is 2.46. The lowest BCUT2D eigenvalue weighted by atomic mass is 10.3. The van der Waals surface area contributed by atoms with E-state index < -0.39 is 5.97 Å². The summed E-state index contributed by atoms with van der Waals surface area (Å²) in [6.07, 6.45) is 6.70. The third-order valence-corrected chi connectivity index (χ3v) is 2.43. The van der Waals surface area contributed by atoms with Crippen molar-refractivity contribution in [1.82, 2.24) is 0 Å². The third kappa shape index (κ3) is 13.0. The Hall–Kier alpha value is -1.46. The second kappa shape index (κ2) is 14.0. The monoisotopic (exact) mass is 283 g/mol. The number of pyridine rings is 1. The summed E-state index contributed by atoms with van der Waals surface area (Å²) in [6.45, 7) is 4.49. The molecule has 0 radical (unpaired) electrons. The highest BCUT2D eigenvalue weighted by Gasteiger charge is 1.93. The van der Waals surface area contributed by atoms with Crippen LogP contribution in [-0.4, -0.2) is 32.9 Å². The molecule has 1 heterocycles. The van der Waals surface area contributed by atoms with Crippen molar-refractivity contribution in [1.29, 1.82) is 0 Å². The molecule has 5 heteroatoms. The van der Waals surface area contributed by atoms with Crippen LogP contribution in [0, 0.1) is 0 Å². The van der Waals surface area contributed by atoms with Crippen LogP contribution in [0.4, 0.5) is 0 Å². The molecule has 0 aliphatic carbocycles. The molecule has 0 saturated carbocycles. The van der Waals surface area contributed by atoms with Crippen molar-refractivity contribution in [3.05, 3.63) is 30.6 Å². The van der Waals surface area contributed by atoms with Crippen LogP contribution in [0.1, 0.15) is 26.2 Å². The molecule has 114 valence electrons. The zero-order valence-corrected chi connectivity index (χ0v) is 12.4. The van der Waals surface area contributed by atoms with Gasteiger partial charge in [-0.1, -0.05) is 19.4 Å². The van der Waals surface area contributed by atoms with E-state index in [1.165, 1.54) is 12.8 Å². The van der Waals surface area contributed by atoms with Gasteiger partial charge in [0.1, 0.15) is 6.54 Å². The number of methoxy groups -OCH3 is 1. The van der Waals surface area contributed by atoms with Gasteiger partial charge in [-0.2, -0.15) is 0 Å². The van der Waals surface area contributed by atoms with Crippen LogP contribution in [0.5, 0.6) is 0 Å². The van der Waals surface area contributed by atoms with Crippen molar-refractivity contribution in [2.24, 2.45) is 0 Å². The van der Waals surface area contributed by atoms with E-state index >= 15 is 0 Å². The van der Waals surface area contributed by atoms with Crippen LogP contribution < -0.4 is 9.67 Å². The maximum atomic E-state index is 9.81. The summed E-state index contributed by atoms with van der Waals surface area (Å²) < 4.78 is 11.7. The van der Waals surface area contributed by atoms with E-state index in [4.69, 9.17) is 4.74 Å². The average molecular weight is 283 g/mol. The van der Waals surface area contributed by atoms with Crippen molar-refractivity contribution in [3.8, 4) is 0 Å². The zero-order chi connectivity index (χ0) is 15.1. The highest BCUT2D eigenvalue weighted by molar-refractivity contribution is 5.64. The number of carbonyl (C=O) groups excluding carboxylic acids is 1. The van der Waals surface area contributed by atoms with Crippen LogP contribution in [0.25, 0.3) is 0 Å². The van der Waals surface area contributed by atoms with Gasteiger partial charge in [0.2, 0.25) is 0 Å². The maximum Gasteiger partial charge on any atom is 0.168 e. The molecule has 0 aromatic carbocycles. The third-order valence-electron chi connectivity index (χ3n) is 2.43. The van der Waals surface area contributed by atoms with Gasteiger partial charge in [0.25, 0.3) is 0 Å². The Bertz CT molecular complexity index is 330. The van der Waals surface area contributed by atoms with E-state index in [9.17, 15) is 9.90 Å². The van der Waals surface area contributed by atoms with Crippen molar-refractivity contribution in [2.75, 3.05) is 26.9 Å². The van der Waals surface area contributed by atoms with Crippen LogP contribution in [0.3, 0.4) is 0 Å². The van der Waals surface area contributed by atoms with E-state index in [2.05, 4.69) is 40.8 Å². The first-order chi connectivity index (χ1) is 9.70. The highest BCUT2D eigenvalue weighted by Crippen LogP contribution is 1.85. The minimum atomic E-state index is -1.09. The van der Waals surface area contributed by atoms with Crippen molar-refractivity contribution < 1.29 is 23.9 Å².